The molecule has 0 radical (unpaired) electrons. The van der Waals surface area contributed by atoms with E-state index in [9.17, 15) is 14.4 Å². The quantitative estimate of drug-likeness (QED) is 0.460. The number of carboxylic acid groups (broad SMARTS) is 1. The fourth-order valence-corrected chi connectivity index (χ4v) is 1.42. The molecule has 1 unspecified atom stereocenters. The number of nitrogens with one attached hydrogen (secondary N) is 1. The SMILES string of the molecule is CCOC(=O)CN(C)C(=O)NC(CCCOC)C(=O)O. The average molecular weight is 290 g/mol. The summed E-state index contributed by atoms with van der Waals surface area (Å²) in [5, 5.41) is 11.4. The molecule has 0 aromatic rings. The lowest BCUT2D eigenvalue weighted by Crippen LogP contribution is -2.48. The number of aliphatic carboxylic acids is 1. The molecule has 0 fully saturated rings. The minimum atomic E-state index is -1.13. The summed E-state index contributed by atoms with van der Waals surface area (Å²) in [5.74, 6) is -1.67. The van der Waals surface area contributed by atoms with E-state index in [0.29, 0.717) is 13.0 Å². The van der Waals surface area contributed by atoms with Gasteiger partial charge in [0.05, 0.1) is 6.61 Å². The summed E-state index contributed by atoms with van der Waals surface area (Å²) in [6, 6.07) is -1.65. The maximum absolute atomic E-state index is 11.7. The van der Waals surface area contributed by atoms with Crippen LogP contribution in [0.4, 0.5) is 4.79 Å². The van der Waals surface area contributed by atoms with E-state index in [0.717, 1.165) is 4.90 Å². The fourth-order valence-electron chi connectivity index (χ4n) is 1.42. The first-order valence-corrected chi connectivity index (χ1v) is 6.31. The van der Waals surface area contributed by atoms with Crippen molar-refractivity contribution < 1.29 is 29.0 Å². The Hall–Kier alpha value is -1.83. The van der Waals surface area contributed by atoms with Gasteiger partial charge < -0.3 is 24.8 Å². The van der Waals surface area contributed by atoms with Crippen molar-refractivity contribution in [2.45, 2.75) is 25.8 Å². The molecule has 0 aliphatic heterocycles. The van der Waals surface area contributed by atoms with E-state index in [2.05, 4.69) is 5.32 Å². The van der Waals surface area contributed by atoms with Crippen LogP contribution in [0.25, 0.3) is 0 Å². The monoisotopic (exact) mass is 290 g/mol. The normalized spacial score (nSPS) is 11.6. The van der Waals surface area contributed by atoms with Crippen LogP contribution in [0, 0.1) is 0 Å². The molecule has 0 aliphatic carbocycles. The molecule has 8 heteroatoms. The van der Waals surface area contributed by atoms with Gasteiger partial charge in [0.2, 0.25) is 0 Å². The molecular formula is C12H22N2O6. The van der Waals surface area contributed by atoms with Gasteiger partial charge in [-0.3, -0.25) is 4.79 Å². The van der Waals surface area contributed by atoms with Crippen LogP contribution < -0.4 is 5.32 Å². The number of ether oxygens (including phenoxy) is 2. The zero-order chi connectivity index (χ0) is 15.5. The lowest BCUT2D eigenvalue weighted by atomic mass is 10.1. The molecule has 0 aromatic heterocycles. The molecule has 0 bridgehead atoms. The van der Waals surface area contributed by atoms with E-state index >= 15 is 0 Å². The molecule has 0 heterocycles. The average Bonchev–Trinajstić information content (AvgIpc) is 2.37. The molecule has 0 aliphatic rings. The third kappa shape index (κ3) is 7.57. The number of amides is 2. The van der Waals surface area contributed by atoms with Gasteiger partial charge in [0.15, 0.2) is 0 Å². The van der Waals surface area contributed by atoms with Crippen LogP contribution in [0.5, 0.6) is 0 Å². The number of carboxylic acids is 1. The lowest BCUT2D eigenvalue weighted by Gasteiger charge is -2.20. The Labute approximate surface area is 118 Å². The number of nitrogens with zero attached hydrogens (tertiary/aromatic N) is 1. The molecule has 0 spiro atoms. The second-order valence-corrected chi connectivity index (χ2v) is 4.14. The van der Waals surface area contributed by atoms with Crippen LogP contribution in [0.15, 0.2) is 0 Å². The summed E-state index contributed by atoms with van der Waals surface area (Å²) in [7, 11) is 2.90. The minimum absolute atomic E-state index is 0.225. The van der Waals surface area contributed by atoms with Crippen LogP contribution in [-0.4, -0.2) is 67.9 Å². The zero-order valence-electron chi connectivity index (χ0n) is 12.0. The molecular weight excluding hydrogens is 268 g/mol. The number of likely N-dealkylation sites (N-methyl/N-ethyl adjacent to an activating group) is 1. The van der Waals surface area contributed by atoms with Crippen LogP contribution in [-0.2, 0) is 19.1 Å². The van der Waals surface area contributed by atoms with Crippen LogP contribution in [0.2, 0.25) is 0 Å². The highest BCUT2D eigenvalue weighted by molar-refractivity contribution is 5.84. The highest BCUT2D eigenvalue weighted by Gasteiger charge is 2.22. The number of esters is 1. The van der Waals surface area contributed by atoms with E-state index in [-0.39, 0.29) is 19.6 Å². The lowest BCUT2D eigenvalue weighted by molar-refractivity contribution is -0.143. The molecule has 20 heavy (non-hydrogen) atoms. The Bertz CT molecular complexity index is 334. The smallest absolute Gasteiger partial charge is 0.326 e. The molecule has 0 saturated carbocycles. The number of rotatable bonds is 9. The number of methoxy groups -OCH3 is 1. The van der Waals surface area contributed by atoms with E-state index < -0.39 is 24.0 Å². The van der Waals surface area contributed by atoms with Crippen molar-refractivity contribution in [2.75, 3.05) is 33.9 Å². The van der Waals surface area contributed by atoms with Crippen molar-refractivity contribution in [1.82, 2.24) is 10.2 Å². The predicted octanol–water partition coefficient (Wildman–Crippen LogP) is 0.0707. The summed E-state index contributed by atoms with van der Waals surface area (Å²) in [6.45, 7) is 2.07. The number of carbonyl (C=O) groups excluding carboxylic acids is 2. The molecule has 0 rings (SSSR count). The van der Waals surface area contributed by atoms with Crippen LogP contribution >= 0.6 is 0 Å². The Balaban J connectivity index is 4.29. The maximum Gasteiger partial charge on any atom is 0.326 e. The first-order chi connectivity index (χ1) is 9.42. The van der Waals surface area contributed by atoms with E-state index in [4.69, 9.17) is 14.6 Å². The van der Waals surface area contributed by atoms with Crippen molar-refractivity contribution in [1.29, 1.82) is 0 Å². The molecule has 0 aromatic carbocycles. The van der Waals surface area contributed by atoms with E-state index in [1.165, 1.54) is 14.2 Å². The zero-order valence-corrected chi connectivity index (χ0v) is 12.0. The van der Waals surface area contributed by atoms with Crippen molar-refractivity contribution in [2.24, 2.45) is 0 Å². The maximum atomic E-state index is 11.7. The van der Waals surface area contributed by atoms with Crippen molar-refractivity contribution in [3.63, 3.8) is 0 Å². The van der Waals surface area contributed by atoms with Gasteiger partial charge in [-0.1, -0.05) is 0 Å². The van der Waals surface area contributed by atoms with Crippen LogP contribution in [0.1, 0.15) is 19.8 Å². The first kappa shape index (κ1) is 18.2. The Kier molecular flexibility index (Phi) is 9.10. The second-order valence-electron chi connectivity index (χ2n) is 4.14. The summed E-state index contributed by atoms with van der Waals surface area (Å²) < 4.78 is 9.53. The van der Waals surface area contributed by atoms with Crippen molar-refractivity contribution >= 4 is 18.0 Å². The fraction of sp³-hybridized carbons (Fsp3) is 0.750. The van der Waals surface area contributed by atoms with Gasteiger partial charge in [0, 0.05) is 20.8 Å². The third-order valence-corrected chi connectivity index (χ3v) is 2.46. The summed E-state index contributed by atoms with van der Waals surface area (Å²) in [6.07, 6.45) is 0.761. The van der Waals surface area contributed by atoms with Gasteiger partial charge >= 0.3 is 18.0 Å². The standard InChI is InChI=1S/C12H22N2O6/c1-4-20-10(15)8-14(2)12(18)13-9(11(16)17)6-5-7-19-3/h9H,4-8H2,1-3H3,(H,13,18)(H,16,17). The van der Waals surface area contributed by atoms with Crippen molar-refractivity contribution in [3.8, 4) is 0 Å². The molecule has 2 amide bonds. The third-order valence-electron chi connectivity index (χ3n) is 2.46. The Morgan fingerprint density at radius 3 is 2.50 bits per heavy atom. The number of carbonyl (C=O) groups is 3. The Morgan fingerprint density at radius 2 is 2.00 bits per heavy atom. The van der Waals surface area contributed by atoms with Crippen molar-refractivity contribution in [3.05, 3.63) is 0 Å². The van der Waals surface area contributed by atoms with Gasteiger partial charge in [-0.2, -0.15) is 0 Å². The molecule has 1 atom stereocenters. The highest BCUT2D eigenvalue weighted by atomic mass is 16.5. The highest BCUT2D eigenvalue weighted by Crippen LogP contribution is 2.00. The number of hydrogen-bond donors (Lipinski definition) is 2. The molecule has 0 saturated heterocycles. The number of urea groups is 1. The predicted molar refractivity (Wildman–Crippen MR) is 70.3 cm³/mol. The second kappa shape index (κ2) is 10.0. The molecule has 8 nitrogen and oxygen atoms in total. The molecule has 2 N–H and O–H groups in total. The summed E-state index contributed by atoms with van der Waals surface area (Å²) in [4.78, 5) is 35.0. The van der Waals surface area contributed by atoms with Gasteiger partial charge in [0.25, 0.3) is 0 Å². The van der Waals surface area contributed by atoms with E-state index in [1.54, 1.807) is 6.92 Å². The number of hydrogen-bond acceptors (Lipinski definition) is 5. The van der Waals surface area contributed by atoms with Gasteiger partial charge in [-0.25, -0.2) is 9.59 Å². The van der Waals surface area contributed by atoms with Gasteiger partial charge in [0.1, 0.15) is 12.6 Å². The van der Waals surface area contributed by atoms with Gasteiger partial charge in [-0.15, -0.1) is 0 Å². The molecule has 116 valence electrons. The first-order valence-electron chi connectivity index (χ1n) is 6.31. The Morgan fingerprint density at radius 1 is 1.35 bits per heavy atom. The minimum Gasteiger partial charge on any atom is -0.480 e. The van der Waals surface area contributed by atoms with Crippen LogP contribution in [0.3, 0.4) is 0 Å². The van der Waals surface area contributed by atoms with E-state index in [1.807, 2.05) is 0 Å². The topological polar surface area (TPSA) is 105 Å². The van der Waals surface area contributed by atoms with Gasteiger partial charge in [-0.05, 0) is 19.8 Å². The summed E-state index contributed by atoms with van der Waals surface area (Å²) in [5.41, 5.74) is 0. The largest absolute Gasteiger partial charge is 0.480 e. The summed E-state index contributed by atoms with van der Waals surface area (Å²) >= 11 is 0.